The molecule has 1 aromatic carbocycles. The van der Waals surface area contributed by atoms with Gasteiger partial charge < -0.3 is 5.32 Å². The molecule has 0 aliphatic rings. The van der Waals surface area contributed by atoms with E-state index in [4.69, 9.17) is 5.26 Å². The van der Waals surface area contributed by atoms with Crippen molar-refractivity contribution in [3.8, 4) is 6.07 Å². The number of nitriles is 1. The van der Waals surface area contributed by atoms with Gasteiger partial charge in [-0.3, -0.25) is 4.79 Å². The van der Waals surface area contributed by atoms with Crippen LogP contribution in [0, 0.1) is 11.3 Å². The number of nitrogens with zero attached hydrogens (tertiary/aromatic N) is 1. The normalized spacial score (nSPS) is 10.9. The Morgan fingerprint density at radius 2 is 1.81 bits per heavy atom. The van der Waals surface area contributed by atoms with Crippen molar-refractivity contribution in [3.05, 3.63) is 29.8 Å². The number of nitrogens with one attached hydrogen (secondary N) is 1. The zero-order valence-corrected chi connectivity index (χ0v) is 12.9. The number of carbonyl (C=O) groups excluding carboxylic acids is 1. The van der Waals surface area contributed by atoms with Crippen molar-refractivity contribution in [2.45, 2.75) is 32.6 Å². The van der Waals surface area contributed by atoms with Gasteiger partial charge in [-0.2, -0.15) is 5.26 Å². The van der Waals surface area contributed by atoms with Crippen LogP contribution >= 0.6 is 0 Å². The predicted molar refractivity (Wildman–Crippen MR) is 82.6 cm³/mol. The van der Waals surface area contributed by atoms with Gasteiger partial charge in [-0.25, -0.2) is 8.42 Å². The molecule has 0 atom stereocenters. The summed E-state index contributed by atoms with van der Waals surface area (Å²) in [6.07, 6.45) is 2.01. The maximum absolute atomic E-state index is 11.7. The summed E-state index contributed by atoms with van der Waals surface area (Å²) in [6, 6.07) is 8.52. The van der Waals surface area contributed by atoms with Crippen LogP contribution in [0.25, 0.3) is 0 Å². The van der Waals surface area contributed by atoms with Crippen molar-refractivity contribution in [1.29, 1.82) is 5.26 Å². The van der Waals surface area contributed by atoms with Crippen molar-refractivity contribution >= 4 is 21.4 Å². The molecule has 0 radical (unpaired) electrons. The van der Waals surface area contributed by atoms with Gasteiger partial charge in [0, 0.05) is 12.1 Å². The van der Waals surface area contributed by atoms with Crippen molar-refractivity contribution < 1.29 is 13.2 Å². The van der Waals surface area contributed by atoms with Crippen LogP contribution < -0.4 is 5.32 Å². The molecule has 0 unspecified atom stereocenters. The Bertz CT molecular complexity index is 601. The Hall–Kier alpha value is -1.87. The summed E-state index contributed by atoms with van der Waals surface area (Å²) in [5.74, 6) is 0.0274. The molecule has 0 fully saturated rings. The highest BCUT2D eigenvalue weighted by Crippen LogP contribution is 2.10. The van der Waals surface area contributed by atoms with Crippen molar-refractivity contribution in [2.75, 3.05) is 16.8 Å². The number of rotatable bonds is 8. The highest BCUT2D eigenvalue weighted by atomic mass is 32.2. The second-order valence-corrected chi connectivity index (χ2v) is 7.15. The van der Waals surface area contributed by atoms with Gasteiger partial charge in [-0.15, -0.1) is 0 Å². The van der Waals surface area contributed by atoms with E-state index in [1.54, 1.807) is 24.3 Å². The third-order valence-corrected chi connectivity index (χ3v) is 4.79. The molecule has 0 aliphatic carbocycles. The fraction of sp³-hybridized carbons (Fsp3) is 0.467. The van der Waals surface area contributed by atoms with Gasteiger partial charge in [0.15, 0.2) is 0 Å². The SMILES string of the molecule is CCCCS(=O)(=O)CCCC(=O)Nc1ccc(C#N)cc1. The first kappa shape index (κ1) is 17.2. The van der Waals surface area contributed by atoms with E-state index < -0.39 is 9.84 Å². The van der Waals surface area contributed by atoms with E-state index in [-0.39, 0.29) is 23.8 Å². The van der Waals surface area contributed by atoms with E-state index in [0.29, 0.717) is 24.1 Å². The fourth-order valence-electron chi connectivity index (χ4n) is 1.77. The lowest BCUT2D eigenvalue weighted by Crippen LogP contribution is -2.15. The molecule has 0 heterocycles. The van der Waals surface area contributed by atoms with Crippen molar-refractivity contribution in [3.63, 3.8) is 0 Å². The molecule has 0 spiro atoms. The van der Waals surface area contributed by atoms with E-state index in [1.807, 2.05) is 13.0 Å². The number of anilines is 1. The number of carbonyl (C=O) groups is 1. The summed E-state index contributed by atoms with van der Waals surface area (Å²) in [6.45, 7) is 1.94. The zero-order valence-electron chi connectivity index (χ0n) is 12.1. The van der Waals surface area contributed by atoms with E-state index in [9.17, 15) is 13.2 Å². The smallest absolute Gasteiger partial charge is 0.224 e. The Balaban J connectivity index is 2.35. The van der Waals surface area contributed by atoms with Crippen molar-refractivity contribution in [1.82, 2.24) is 0 Å². The summed E-state index contributed by atoms with van der Waals surface area (Å²) >= 11 is 0. The summed E-state index contributed by atoms with van der Waals surface area (Å²) < 4.78 is 23.3. The van der Waals surface area contributed by atoms with Crippen LogP contribution in [0.4, 0.5) is 5.69 Å². The molecule has 5 nitrogen and oxygen atoms in total. The monoisotopic (exact) mass is 308 g/mol. The van der Waals surface area contributed by atoms with Gasteiger partial charge in [0.05, 0.1) is 23.1 Å². The van der Waals surface area contributed by atoms with Gasteiger partial charge >= 0.3 is 0 Å². The number of hydrogen-bond donors (Lipinski definition) is 1. The van der Waals surface area contributed by atoms with E-state index in [1.165, 1.54) is 0 Å². The molecular weight excluding hydrogens is 288 g/mol. The second-order valence-electron chi connectivity index (χ2n) is 4.85. The average molecular weight is 308 g/mol. The molecule has 0 bridgehead atoms. The first-order valence-corrected chi connectivity index (χ1v) is 8.79. The molecule has 21 heavy (non-hydrogen) atoms. The van der Waals surface area contributed by atoms with Gasteiger partial charge in [0.2, 0.25) is 5.91 Å². The van der Waals surface area contributed by atoms with Gasteiger partial charge in [0.25, 0.3) is 0 Å². The third kappa shape index (κ3) is 6.91. The molecule has 0 saturated heterocycles. The van der Waals surface area contributed by atoms with Gasteiger partial charge in [-0.1, -0.05) is 13.3 Å². The quantitative estimate of drug-likeness (QED) is 0.799. The largest absolute Gasteiger partial charge is 0.326 e. The fourth-order valence-corrected chi connectivity index (χ4v) is 3.29. The minimum atomic E-state index is -3.04. The third-order valence-electron chi connectivity index (χ3n) is 2.97. The van der Waals surface area contributed by atoms with Crippen molar-refractivity contribution in [2.24, 2.45) is 0 Å². The molecule has 1 N–H and O–H groups in total. The molecule has 1 rings (SSSR count). The molecule has 1 aromatic rings. The summed E-state index contributed by atoms with van der Waals surface area (Å²) in [5.41, 5.74) is 1.13. The summed E-state index contributed by atoms with van der Waals surface area (Å²) in [7, 11) is -3.04. The lowest BCUT2D eigenvalue weighted by atomic mass is 10.2. The maximum Gasteiger partial charge on any atom is 0.224 e. The van der Waals surface area contributed by atoms with Crippen LogP contribution in [-0.2, 0) is 14.6 Å². The Morgan fingerprint density at radius 1 is 1.19 bits per heavy atom. The molecule has 0 saturated carbocycles. The highest BCUT2D eigenvalue weighted by molar-refractivity contribution is 7.91. The Labute approximate surface area is 125 Å². The van der Waals surface area contributed by atoms with Gasteiger partial charge in [0.1, 0.15) is 9.84 Å². The Kier molecular flexibility index (Phi) is 6.89. The number of unbranched alkanes of at least 4 members (excludes halogenated alkanes) is 1. The van der Waals surface area contributed by atoms with Crippen LogP contribution in [-0.4, -0.2) is 25.8 Å². The average Bonchev–Trinajstić information content (AvgIpc) is 2.46. The standard InChI is InChI=1S/C15H20N2O3S/c1-2-3-10-21(19,20)11-4-5-15(18)17-14-8-6-13(12-16)7-9-14/h6-9H,2-5,10-11H2,1H3,(H,17,18). The van der Waals surface area contributed by atoms with Crippen LogP contribution in [0.3, 0.4) is 0 Å². The van der Waals surface area contributed by atoms with E-state index in [0.717, 1.165) is 6.42 Å². The lowest BCUT2D eigenvalue weighted by Gasteiger charge is -2.06. The number of sulfone groups is 1. The topological polar surface area (TPSA) is 87.0 Å². The van der Waals surface area contributed by atoms with Gasteiger partial charge in [-0.05, 0) is 37.1 Å². The lowest BCUT2D eigenvalue weighted by molar-refractivity contribution is -0.116. The molecular formula is C15H20N2O3S. The number of benzene rings is 1. The molecule has 0 aliphatic heterocycles. The molecule has 6 heteroatoms. The van der Waals surface area contributed by atoms with Crippen LogP contribution in [0.1, 0.15) is 38.2 Å². The summed E-state index contributed by atoms with van der Waals surface area (Å²) in [4.78, 5) is 11.7. The minimum Gasteiger partial charge on any atom is -0.326 e. The maximum atomic E-state index is 11.7. The van der Waals surface area contributed by atoms with E-state index in [2.05, 4.69) is 5.32 Å². The Morgan fingerprint density at radius 3 is 2.38 bits per heavy atom. The molecule has 114 valence electrons. The van der Waals surface area contributed by atoms with Crippen LogP contribution in [0.2, 0.25) is 0 Å². The molecule has 0 aromatic heterocycles. The summed E-state index contributed by atoms with van der Waals surface area (Å²) in [5, 5.41) is 11.3. The van der Waals surface area contributed by atoms with E-state index >= 15 is 0 Å². The zero-order chi connectivity index (χ0) is 15.7. The highest BCUT2D eigenvalue weighted by Gasteiger charge is 2.11. The van der Waals surface area contributed by atoms with Crippen LogP contribution in [0.5, 0.6) is 0 Å². The first-order valence-electron chi connectivity index (χ1n) is 6.97. The van der Waals surface area contributed by atoms with Crippen LogP contribution in [0.15, 0.2) is 24.3 Å². The second kappa shape index (κ2) is 8.42. The minimum absolute atomic E-state index is 0.0494. The number of hydrogen-bond acceptors (Lipinski definition) is 4. The first-order chi connectivity index (χ1) is 9.96. The predicted octanol–water partition coefficient (Wildman–Crippen LogP) is 2.49. The molecule has 1 amide bonds. The number of amides is 1.